The lowest BCUT2D eigenvalue weighted by atomic mass is 10.2. The number of aromatic nitrogens is 2. The Balaban J connectivity index is 1.81. The van der Waals surface area contributed by atoms with Gasteiger partial charge in [-0.2, -0.15) is 0 Å². The number of rotatable bonds is 7. The summed E-state index contributed by atoms with van der Waals surface area (Å²) in [6, 6.07) is 6.30. The molecule has 0 aliphatic heterocycles. The van der Waals surface area contributed by atoms with Gasteiger partial charge in [-0.25, -0.2) is 4.98 Å². The third-order valence-electron chi connectivity index (χ3n) is 2.93. The first-order valence-electron chi connectivity index (χ1n) is 6.44. The topological polar surface area (TPSA) is 49.9 Å². The van der Waals surface area contributed by atoms with Crippen molar-refractivity contribution in [2.75, 3.05) is 26.8 Å². The van der Waals surface area contributed by atoms with E-state index in [9.17, 15) is 0 Å². The lowest BCUT2D eigenvalue weighted by molar-refractivity contribution is 0.194. The fourth-order valence-electron chi connectivity index (χ4n) is 1.97. The molecule has 0 aliphatic carbocycles. The van der Waals surface area contributed by atoms with Gasteiger partial charge in [-0.1, -0.05) is 6.07 Å². The van der Waals surface area contributed by atoms with Crippen molar-refractivity contribution in [1.29, 1.82) is 0 Å². The summed E-state index contributed by atoms with van der Waals surface area (Å²) in [7, 11) is 1.73. The maximum absolute atomic E-state index is 5.00. The minimum Gasteiger partial charge on any atom is -0.385 e. The highest BCUT2D eigenvalue weighted by molar-refractivity contribution is 5.75. The number of aryl methyl sites for hydroxylation is 1. The van der Waals surface area contributed by atoms with Crippen LogP contribution in [0.2, 0.25) is 0 Å². The molecule has 0 radical (unpaired) electrons. The van der Waals surface area contributed by atoms with Crippen molar-refractivity contribution in [3.63, 3.8) is 0 Å². The number of imidazole rings is 1. The summed E-state index contributed by atoms with van der Waals surface area (Å²) in [5.74, 6) is 1.05. The van der Waals surface area contributed by atoms with Gasteiger partial charge in [-0.05, 0) is 37.6 Å². The zero-order valence-corrected chi connectivity index (χ0v) is 11.1. The quantitative estimate of drug-likeness (QED) is 0.736. The van der Waals surface area contributed by atoms with Gasteiger partial charge in [0.25, 0.3) is 0 Å². The minimum absolute atomic E-state index is 0.816. The standard InChI is InChI=1S/C14H21N3O/c1-11-4-5-12-13(10-11)17-14(16-12)6-8-15-7-3-9-18-2/h4-5,10,15H,3,6-9H2,1-2H3,(H,16,17). The highest BCUT2D eigenvalue weighted by atomic mass is 16.5. The van der Waals surface area contributed by atoms with Crippen molar-refractivity contribution in [3.05, 3.63) is 29.6 Å². The molecule has 0 bridgehead atoms. The third kappa shape index (κ3) is 3.55. The number of hydrogen-bond acceptors (Lipinski definition) is 3. The maximum atomic E-state index is 5.00. The average molecular weight is 247 g/mol. The third-order valence-corrected chi connectivity index (χ3v) is 2.93. The normalized spacial score (nSPS) is 11.2. The summed E-state index contributed by atoms with van der Waals surface area (Å²) in [5.41, 5.74) is 3.44. The zero-order valence-electron chi connectivity index (χ0n) is 11.1. The molecule has 0 amide bonds. The first kappa shape index (κ1) is 13.1. The molecule has 2 N–H and O–H groups in total. The number of nitrogens with one attached hydrogen (secondary N) is 2. The van der Waals surface area contributed by atoms with Crippen LogP contribution in [-0.4, -0.2) is 36.8 Å². The van der Waals surface area contributed by atoms with Gasteiger partial charge in [0, 0.05) is 26.7 Å². The first-order chi connectivity index (χ1) is 8.79. The number of H-pyrrole nitrogens is 1. The number of hydrogen-bond donors (Lipinski definition) is 2. The van der Waals surface area contributed by atoms with Crippen molar-refractivity contribution in [1.82, 2.24) is 15.3 Å². The Morgan fingerprint density at radius 3 is 3.06 bits per heavy atom. The molecule has 4 heteroatoms. The van der Waals surface area contributed by atoms with E-state index in [1.165, 1.54) is 5.56 Å². The van der Waals surface area contributed by atoms with Crippen LogP contribution in [0.5, 0.6) is 0 Å². The Bertz CT molecular complexity index is 493. The van der Waals surface area contributed by atoms with Crippen LogP contribution in [0.1, 0.15) is 17.8 Å². The molecule has 0 spiro atoms. The maximum Gasteiger partial charge on any atom is 0.108 e. The second-order valence-electron chi connectivity index (χ2n) is 4.55. The molecule has 1 heterocycles. The smallest absolute Gasteiger partial charge is 0.108 e. The van der Waals surface area contributed by atoms with E-state index in [-0.39, 0.29) is 0 Å². The summed E-state index contributed by atoms with van der Waals surface area (Å²) >= 11 is 0. The van der Waals surface area contributed by atoms with Crippen LogP contribution in [0.3, 0.4) is 0 Å². The molecule has 98 valence electrons. The van der Waals surface area contributed by atoms with Gasteiger partial charge < -0.3 is 15.0 Å². The lowest BCUT2D eigenvalue weighted by Crippen LogP contribution is -2.19. The summed E-state index contributed by atoms with van der Waals surface area (Å²) in [6.07, 6.45) is 1.98. The Hall–Kier alpha value is -1.39. The van der Waals surface area contributed by atoms with Gasteiger partial charge in [-0.15, -0.1) is 0 Å². The van der Waals surface area contributed by atoms with Crippen LogP contribution in [0, 0.1) is 6.92 Å². The molecule has 4 nitrogen and oxygen atoms in total. The molecular weight excluding hydrogens is 226 g/mol. The van der Waals surface area contributed by atoms with Crippen molar-refractivity contribution in [3.8, 4) is 0 Å². The van der Waals surface area contributed by atoms with Crippen molar-refractivity contribution >= 4 is 11.0 Å². The molecular formula is C14H21N3O. The van der Waals surface area contributed by atoms with Gasteiger partial charge in [-0.3, -0.25) is 0 Å². The number of benzene rings is 1. The van der Waals surface area contributed by atoms with E-state index in [2.05, 4.69) is 40.4 Å². The SMILES string of the molecule is COCCCNCCc1nc2ccc(C)cc2[nH]1. The molecule has 2 rings (SSSR count). The highest BCUT2D eigenvalue weighted by Gasteiger charge is 2.02. The Labute approximate surface area is 108 Å². The lowest BCUT2D eigenvalue weighted by Gasteiger charge is -2.02. The van der Waals surface area contributed by atoms with Crippen molar-refractivity contribution in [2.45, 2.75) is 19.8 Å². The Morgan fingerprint density at radius 1 is 1.33 bits per heavy atom. The zero-order chi connectivity index (χ0) is 12.8. The van der Waals surface area contributed by atoms with E-state index < -0.39 is 0 Å². The number of nitrogens with zero attached hydrogens (tertiary/aromatic N) is 1. The molecule has 0 saturated heterocycles. The molecule has 1 aromatic carbocycles. The summed E-state index contributed by atoms with van der Waals surface area (Å²) in [4.78, 5) is 7.93. The second kappa shape index (κ2) is 6.52. The van der Waals surface area contributed by atoms with E-state index in [1.54, 1.807) is 7.11 Å². The second-order valence-corrected chi connectivity index (χ2v) is 4.55. The molecule has 0 unspecified atom stereocenters. The van der Waals surface area contributed by atoms with E-state index in [1.807, 2.05) is 0 Å². The number of aromatic amines is 1. The number of methoxy groups -OCH3 is 1. The Morgan fingerprint density at radius 2 is 2.22 bits per heavy atom. The average Bonchev–Trinajstić information content (AvgIpc) is 2.75. The predicted molar refractivity (Wildman–Crippen MR) is 73.9 cm³/mol. The van der Waals surface area contributed by atoms with Gasteiger partial charge in [0.05, 0.1) is 11.0 Å². The van der Waals surface area contributed by atoms with Crippen LogP contribution in [0.15, 0.2) is 18.2 Å². The first-order valence-corrected chi connectivity index (χ1v) is 6.44. The van der Waals surface area contributed by atoms with Gasteiger partial charge in [0.2, 0.25) is 0 Å². The number of fused-ring (bicyclic) bond motifs is 1. The van der Waals surface area contributed by atoms with Crippen molar-refractivity contribution < 1.29 is 4.74 Å². The monoisotopic (exact) mass is 247 g/mol. The fourth-order valence-corrected chi connectivity index (χ4v) is 1.97. The molecule has 1 aromatic heterocycles. The summed E-state index contributed by atoms with van der Waals surface area (Å²) < 4.78 is 5.00. The predicted octanol–water partition coefficient (Wildman–Crippen LogP) is 2.04. The molecule has 18 heavy (non-hydrogen) atoms. The van der Waals surface area contributed by atoms with Crippen LogP contribution in [0.25, 0.3) is 11.0 Å². The molecule has 0 saturated carbocycles. The Kier molecular flexibility index (Phi) is 4.73. The van der Waals surface area contributed by atoms with E-state index in [4.69, 9.17) is 4.74 Å². The highest BCUT2D eigenvalue weighted by Crippen LogP contribution is 2.13. The summed E-state index contributed by atoms with van der Waals surface area (Å²) in [6.45, 7) is 4.85. The van der Waals surface area contributed by atoms with E-state index in [0.717, 1.165) is 49.4 Å². The largest absolute Gasteiger partial charge is 0.385 e. The van der Waals surface area contributed by atoms with Gasteiger partial charge >= 0.3 is 0 Å². The van der Waals surface area contributed by atoms with Crippen molar-refractivity contribution in [2.24, 2.45) is 0 Å². The molecule has 0 atom stereocenters. The van der Waals surface area contributed by atoms with E-state index >= 15 is 0 Å². The number of ether oxygens (including phenoxy) is 1. The van der Waals surface area contributed by atoms with Crippen LogP contribution >= 0.6 is 0 Å². The fraction of sp³-hybridized carbons (Fsp3) is 0.500. The molecule has 2 aromatic rings. The minimum atomic E-state index is 0.816. The van der Waals surface area contributed by atoms with Crippen LogP contribution in [0.4, 0.5) is 0 Å². The molecule has 0 aliphatic rings. The van der Waals surface area contributed by atoms with E-state index in [0.29, 0.717) is 0 Å². The van der Waals surface area contributed by atoms with Gasteiger partial charge in [0.15, 0.2) is 0 Å². The van der Waals surface area contributed by atoms with Crippen LogP contribution in [-0.2, 0) is 11.2 Å². The van der Waals surface area contributed by atoms with Gasteiger partial charge in [0.1, 0.15) is 5.82 Å². The molecule has 0 fully saturated rings. The van der Waals surface area contributed by atoms with Crippen LogP contribution < -0.4 is 5.32 Å². The summed E-state index contributed by atoms with van der Waals surface area (Å²) in [5, 5.41) is 3.38.